The fourth-order valence-corrected chi connectivity index (χ4v) is 1.86. The second-order valence-electron chi connectivity index (χ2n) is 3.11. The molecule has 3 N–H and O–H groups in total. The molecular weight excluding hydrogens is 198 g/mol. The van der Waals surface area contributed by atoms with E-state index in [1.165, 1.54) is 0 Å². The normalized spacial score (nSPS) is 10.4. The second kappa shape index (κ2) is 3.30. The molecule has 0 atom stereocenters. The maximum atomic E-state index is 5.51. The van der Waals surface area contributed by atoms with Crippen LogP contribution in [0.25, 0.3) is 10.6 Å². The number of aromatic amines is 1. The highest BCUT2D eigenvalue weighted by Gasteiger charge is 2.07. The zero-order chi connectivity index (χ0) is 10.1. The van der Waals surface area contributed by atoms with Gasteiger partial charge in [0.15, 0.2) is 5.13 Å². The molecule has 2 aromatic heterocycles. The van der Waals surface area contributed by atoms with E-state index in [1.54, 1.807) is 17.4 Å². The maximum Gasteiger partial charge on any atom is 0.185 e. The van der Waals surface area contributed by atoms with E-state index in [-0.39, 0.29) is 0 Å². The van der Waals surface area contributed by atoms with E-state index in [0.717, 1.165) is 15.7 Å². The second-order valence-corrected chi connectivity index (χ2v) is 4.12. The number of H-pyrrole nitrogens is 1. The van der Waals surface area contributed by atoms with E-state index in [9.17, 15) is 0 Å². The summed E-state index contributed by atoms with van der Waals surface area (Å²) in [7, 11) is 3.92. The van der Waals surface area contributed by atoms with Gasteiger partial charge in [-0.25, -0.2) is 4.98 Å². The fraction of sp³-hybridized carbons (Fsp3) is 0.250. The van der Waals surface area contributed by atoms with Gasteiger partial charge in [0.1, 0.15) is 5.82 Å². The van der Waals surface area contributed by atoms with Gasteiger partial charge in [0.05, 0.1) is 10.6 Å². The van der Waals surface area contributed by atoms with Crippen molar-refractivity contribution >= 4 is 22.3 Å². The molecule has 14 heavy (non-hydrogen) atoms. The lowest BCUT2D eigenvalue weighted by atomic mass is 10.4. The summed E-state index contributed by atoms with van der Waals surface area (Å²) in [4.78, 5) is 7.26. The Morgan fingerprint density at radius 3 is 2.79 bits per heavy atom. The molecule has 0 saturated heterocycles. The Morgan fingerprint density at radius 2 is 2.29 bits per heavy atom. The lowest BCUT2D eigenvalue weighted by Crippen LogP contribution is -2.07. The molecule has 0 aliphatic carbocycles. The third-order valence-corrected chi connectivity index (χ3v) is 2.94. The van der Waals surface area contributed by atoms with Crippen LogP contribution in [-0.2, 0) is 0 Å². The lowest BCUT2D eigenvalue weighted by Gasteiger charge is -2.04. The number of nitrogens with one attached hydrogen (secondary N) is 1. The van der Waals surface area contributed by atoms with Crippen molar-refractivity contribution in [2.45, 2.75) is 0 Å². The predicted molar refractivity (Wildman–Crippen MR) is 58.4 cm³/mol. The Hall–Kier alpha value is -1.56. The Labute approximate surface area is 85.6 Å². The SMILES string of the molecule is CN(C)c1ncc(-c2cc(N)n[nH]2)s1. The van der Waals surface area contributed by atoms with E-state index in [4.69, 9.17) is 5.73 Å². The summed E-state index contributed by atoms with van der Waals surface area (Å²) < 4.78 is 0. The number of nitrogen functional groups attached to an aromatic ring is 1. The quantitative estimate of drug-likeness (QED) is 0.779. The molecule has 0 aromatic carbocycles. The number of anilines is 2. The zero-order valence-electron chi connectivity index (χ0n) is 7.98. The molecule has 0 bridgehead atoms. The largest absolute Gasteiger partial charge is 0.382 e. The van der Waals surface area contributed by atoms with Crippen LogP contribution in [0, 0.1) is 0 Å². The first kappa shape index (κ1) is 9.01. The average Bonchev–Trinajstić information content (AvgIpc) is 2.70. The molecule has 0 radical (unpaired) electrons. The Balaban J connectivity index is 2.33. The minimum atomic E-state index is 0.500. The minimum Gasteiger partial charge on any atom is -0.382 e. The smallest absolute Gasteiger partial charge is 0.185 e. The van der Waals surface area contributed by atoms with Crippen LogP contribution in [0.5, 0.6) is 0 Å². The van der Waals surface area contributed by atoms with Crippen molar-refractivity contribution in [3.8, 4) is 10.6 Å². The van der Waals surface area contributed by atoms with Gasteiger partial charge in [-0.1, -0.05) is 11.3 Å². The molecule has 0 saturated carbocycles. The fourth-order valence-electron chi connectivity index (χ4n) is 1.06. The zero-order valence-corrected chi connectivity index (χ0v) is 8.80. The first-order valence-electron chi connectivity index (χ1n) is 4.11. The third kappa shape index (κ3) is 1.56. The average molecular weight is 209 g/mol. The number of hydrogen-bond acceptors (Lipinski definition) is 5. The van der Waals surface area contributed by atoms with Gasteiger partial charge < -0.3 is 10.6 Å². The topological polar surface area (TPSA) is 70.8 Å². The van der Waals surface area contributed by atoms with Gasteiger partial charge >= 0.3 is 0 Å². The third-order valence-electron chi connectivity index (χ3n) is 1.74. The van der Waals surface area contributed by atoms with Gasteiger partial charge in [-0.15, -0.1) is 0 Å². The van der Waals surface area contributed by atoms with Crippen molar-refractivity contribution in [2.24, 2.45) is 0 Å². The molecule has 2 heterocycles. The molecule has 0 fully saturated rings. The number of rotatable bonds is 2. The van der Waals surface area contributed by atoms with Crippen molar-refractivity contribution in [2.75, 3.05) is 24.7 Å². The molecule has 0 amide bonds. The van der Waals surface area contributed by atoms with Crippen LogP contribution in [0.15, 0.2) is 12.3 Å². The molecule has 0 unspecified atom stereocenters. The summed E-state index contributed by atoms with van der Waals surface area (Å²) in [5, 5.41) is 7.68. The van der Waals surface area contributed by atoms with Crippen molar-refractivity contribution in [1.82, 2.24) is 15.2 Å². The first-order chi connectivity index (χ1) is 6.66. The van der Waals surface area contributed by atoms with E-state index >= 15 is 0 Å². The van der Waals surface area contributed by atoms with Crippen molar-refractivity contribution in [1.29, 1.82) is 0 Å². The number of thiazole rings is 1. The molecule has 5 nitrogen and oxygen atoms in total. The van der Waals surface area contributed by atoms with E-state index in [2.05, 4.69) is 15.2 Å². The number of hydrogen-bond donors (Lipinski definition) is 2. The van der Waals surface area contributed by atoms with Crippen LogP contribution in [0.1, 0.15) is 0 Å². The first-order valence-corrected chi connectivity index (χ1v) is 4.93. The molecular formula is C8H11N5S. The van der Waals surface area contributed by atoms with Gasteiger partial charge in [0.2, 0.25) is 0 Å². The van der Waals surface area contributed by atoms with Gasteiger partial charge in [-0.2, -0.15) is 5.10 Å². The summed E-state index contributed by atoms with van der Waals surface area (Å²) in [5.74, 6) is 0.500. The Morgan fingerprint density at radius 1 is 1.50 bits per heavy atom. The molecule has 0 aliphatic heterocycles. The minimum absolute atomic E-state index is 0.500. The summed E-state index contributed by atoms with van der Waals surface area (Å²) in [6.07, 6.45) is 1.81. The Kier molecular flexibility index (Phi) is 2.12. The lowest BCUT2D eigenvalue weighted by molar-refractivity contribution is 1.10. The van der Waals surface area contributed by atoms with E-state index in [0.29, 0.717) is 5.82 Å². The number of nitrogens with two attached hydrogens (primary N) is 1. The highest BCUT2D eigenvalue weighted by atomic mass is 32.1. The van der Waals surface area contributed by atoms with Crippen LogP contribution >= 0.6 is 11.3 Å². The van der Waals surface area contributed by atoms with Crippen LogP contribution < -0.4 is 10.6 Å². The van der Waals surface area contributed by atoms with Gasteiger partial charge in [-0.05, 0) is 0 Å². The highest BCUT2D eigenvalue weighted by Crippen LogP contribution is 2.29. The standard InChI is InChI=1S/C8H11N5S/c1-13(2)8-10-4-6(14-8)5-3-7(9)12-11-5/h3-4H,1-2H3,(H3,9,11,12). The number of aromatic nitrogens is 3. The summed E-state index contributed by atoms with van der Waals surface area (Å²) in [5.41, 5.74) is 6.42. The van der Waals surface area contributed by atoms with Gasteiger partial charge in [0.25, 0.3) is 0 Å². The monoisotopic (exact) mass is 209 g/mol. The highest BCUT2D eigenvalue weighted by molar-refractivity contribution is 7.18. The van der Waals surface area contributed by atoms with Gasteiger partial charge in [-0.3, -0.25) is 5.10 Å². The van der Waals surface area contributed by atoms with E-state index < -0.39 is 0 Å². The molecule has 2 aromatic rings. The van der Waals surface area contributed by atoms with Crippen LogP contribution in [0.3, 0.4) is 0 Å². The maximum absolute atomic E-state index is 5.51. The molecule has 0 spiro atoms. The number of nitrogens with zero attached hydrogens (tertiary/aromatic N) is 3. The molecule has 6 heteroatoms. The molecule has 0 aliphatic rings. The Bertz CT molecular complexity index is 430. The van der Waals surface area contributed by atoms with Crippen LogP contribution in [0.2, 0.25) is 0 Å². The summed E-state index contributed by atoms with van der Waals surface area (Å²) in [6.45, 7) is 0. The van der Waals surface area contributed by atoms with Crippen molar-refractivity contribution in [3.05, 3.63) is 12.3 Å². The van der Waals surface area contributed by atoms with Crippen molar-refractivity contribution < 1.29 is 0 Å². The van der Waals surface area contributed by atoms with Crippen LogP contribution in [-0.4, -0.2) is 29.3 Å². The van der Waals surface area contributed by atoms with Crippen molar-refractivity contribution in [3.63, 3.8) is 0 Å². The summed E-state index contributed by atoms with van der Waals surface area (Å²) >= 11 is 1.60. The predicted octanol–water partition coefficient (Wildman–Crippen LogP) is 1.18. The van der Waals surface area contributed by atoms with E-state index in [1.807, 2.05) is 25.2 Å². The summed E-state index contributed by atoms with van der Waals surface area (Å²) in [6, 6.07) is 1.80. The van der Waals surface area contributed by atoms with Gasteiger partial charge in [0, 0.05) is 26.4 Å². The molecule has 2 rings (SSSR count). The molecule has 74 valence electrons. The van der Waals surface area contributed by atoms with Crippen LogP contribution in [0.4, 0.5) is 10.9 Å².